The molecule has 1 aliphatic heterocycles. The Balaban J connectivity index is 1.83. The summed E-state index contributed by atoms with van der Waals surface area (Å²) in [6.45, 7) is 9.64. The summed E-state index contributed by atoms with van der Waals surface area (Å²) in [4.78, 5) is 30.2. The van der Waals surface area contributed by atoms with Crippen molar-refractivity contribution in [3.63, 3.8) is 0 Å². The predicted molar refractivity (Wildman–Crippen MR) is 109 cm³/mol. The molecule has 7 heteroatoms. The number of urea groups is 1. The molecule has 1 saturated heterocycles. The molecule has 1 aromatic heterocycles. The lowest BCUT2D eigenvalue weighted by molar-refractivity contribution is -0.121. The SMILES string of the molecule is CC[C@@]1(C)NC(=O)N(c2ccc(Oc3ccc(C#N)c(C(C)(C)C)c3)nc2)C1=O. The highest BCUT2D eigenvalue weighted by atomic mass is 16.5. The summed E-state index contributed by atoms with van der Waals surface area (Å²) in [6, 6.07) is 10.2. The van der Waals surface area contributed by atoms with Crippen molar-refractivity contribution < 1.29 is 14.3 Å². The smallest absolute Gasteiger partial charge is 0.329 e. The topological polar surface area (TPSA) is 95.3 Å². The Kier molecular flexibility index (Phi) is 5.05. The van der Waals surface area contributed by atoms with Crippen LogP contribution in [0, 0.1) is 11.3 Å². The van der Waals surface area contributed by atoms with Gasteiger partial charge in [0.2, 0.25) is 5.88 Å². The van der Waals surface area contributed by atoms with Gasteiger partial charge in [0.15, 0.2) is 0 Å². The predicted octanol–water partition coefficient (Wildman–Crippen LogP) is 4.27. The highest BCUT2D eigenvalue weighted by Crippen LogP contribution is 2.32. The van der Waals surface area contributed by atoms with Crippen LogP contribution in [0.25, 0.3) is 0 Å². The summed E-state index contributed by atoms with van der Waals surface area (Å²) in [5.74, 6) is 0.578. The molecular weight excluding hydrogens is 368 g/mol. The number of hydrogen-bond acceptors (Lipinski definition) is 5. The van der Waals surface area contributed by atoms with Gasteiger partial charge in [0.1, 0.15) is 11.3 Å². The number of rotatable bonds is 4. The maximum absolute atomic E-state index is 12.6. The molecular formula is C22H24N4O3. The van der Waals surface area contributed by atoms with Crippen molar-refractivity contribution in [3.8, 4) is 17.7 Å². The molecule has 0 aliphatic carbocycles. The first kappa shape index (κ1) is 20.3. The van der Waals surface area contributed by atoms with Gasteiger partial charge < -0.3 is 10.1 Å². The zero-order valence-electron chi connectivity index (χ0n) is 17.2. The van der Waals surface area contributed by atoms with Crippen molar-refractivity contribution in [1.29, 1.82) is 5.26 Å². The zero-order valence-corrected chi connectivity index (χ0v) is 17.2. The van der Waals surface area contributed by atoms with Gasteiger partial charge in [0.05, 0.1) is 23.5 Å². The number of benzene rings is 1. The molecule has 0 bridgehead atoms. The molecule has 0 radical (unpaired) electrons. The average Bonchev–Trinajstić information content (AvgIpc) is 2.91. The summed E-state index contributed by atoms with van der Waals surface area (Å²) in [7, 11) is 0. The summed E-state index contributed by atoms with van der Waals surface area (Å²) in [5.41, 5.74) is 0.750. The second-order valence-electron chi connectivity index (χ2n) is 8.28. The standard InChI is InChI=1S/C22H24N4O3/c1-6-22(5)19(27)26(20(28)25-22)15-8-10-18(24-13-15)29-16-9-7-14(12-23)17(11-16)21(2,3)4/h7-11,13H,6H2,1-5H3,(H,25,28)/t22-/m1/s1. The summed E-state index contributed by atoms with van der Waals surface area (Å²) in [6.07, 6.45) is 1.93. The Morgan fingerprint density at radius 2 is 1.97 bits per heavy atom. The molecule has 3 rings (SSSR count). The molecule has 3 amide bonds. The van der Waals surface area contributed by atoms with Crippen molar-refractivity contribution in [3.05, 3.63) is 47.7 Å². The lowest BCUT2D eigenvalue weighted by atomic mass is 9.84. The third kappa shape index (κ3) is 3.79. The Morgan fingerprint density at radius 3 is 2.48 bits per heavy atom. The van der Waals surface area contributed by atoms with Gasteiger partial charge >= 0.3 is 6.03 Å². The van der Waals surface area contributed by atoms with Gasteiger partial charge in [-0.1, -0.05) is 27.7 Å². The minimum atomic E-state index is -0.905. The van der Waals surface area contributed by atoms with Crippen LogP contribution in [0.3, 0.4) is 0 Å². The van der Waals surface area contributed by atoms with Crippen LogP contribution in [0.1, 0.15) is 52.2 Å². The molecule has 1 aromatic carbocycles. The minimum Gasteiger partial charge on any atom is -0.439 e. The summed E-state index contributed by atoms with van der Waals surface area (Å²) >= 11 is 0. The van der Waals surface area contributed by atoms with Crippen LogP contribution in [0.15, 0.2) is 36.5 Å². The van der Waals surface area contributed by atoms with E-state index in [1.165, 1.54) is 6.20 Å². The molecule has 2 heterocycles. The zero-order chi connectivity index (χ0) is 21.4. The van der Waals surface area contributed by atoms with E-state index >= 15 is 0 Å². The third-order valence-electron chi connectivity index (χ3n) is 5.09. The molecule has 150 valence electrons. The maximum Gasteiger partial charge on any atom is 0.329 e. The van der Waals surface area contributed by atoms with Gasteiger partial charge in [-0.3, -0.25) is 4.79 Å². The first-order chi connectivity index (χ1) is 13.6. The number of hydrogen-bond donors (Lipinski definition) is 1. The van der Waals surface area contributed by atoms with Crippen molar-refractivity contribution in [2.24, 2.45) is 0 Å². The number of anilines is 1. The van der Waals surface area contributed by atoms with Crippen LogP contribution < -0.4 is 15.0 Å². The van der Waals surface area contributed by atoms with Crippen molar-refractivity contribution in [1.82, 2.24) is 10.3 Å². The number of imide groups is 1. The van der Waals surface area contributed by atoms with E-state index in [0.717, 1.165) is 10.5 Å². The highest BCUT2D eigenvalue weighted by Gasteiger charge is 2.47. The second-order valence-corrected chi connectivity index (χ2v) is 8.28. The van der Waals surface area contributed by atoms with Gasteiger partial charge in [-0.15, -0.1) is 0 Å². The van der Waals surface area contributed by atoms with E-state index in [2.05, 4.69) is 16.4 Å². The van der Waals surface area contributed by atoms with E-state index in [1.807, 2.05) is 33.8 Å². The molecule has 2 aromatic rings. The number of nitriles is 1. The number of nitrogens with zero attached hydrogens (tertiary/aromatic N) is 3. The maximum atomic E-state index is 12.6. The van der Waals surface area contributed by atoms with E-state index in [0.29, 0.717) is 29.3 Å². The van der Waals surface area contributed by atoms with Crippen LogP contribution in [0.4, 0.5) is 10.5 Å². The largest absolute Gasteiger partial charge is 0.439 e. The van der Waals surface area contributed by atoms with Crippen LogP contribution in [0.5, 0.6) is 11.6 Å². The highest BCUT2D eigenvalue weighted by molar-refractivity contribution is 6.23. The number of amides is 3. The van der Waals surface area contributed by atoms with E-state index in [-0.39, 0.29) is 11.3 Å². The molecule has 0 saturated carbocycles. The number of aromatic nitrogens is 1. The summed E-state index contributed by atoms with van der Waals surface area (Å²) in [5, 5.41) is 12.0. The molecule has 29 heavy (non-hydrogen) atoms. The van der Waals surface area contributed by atoms with Crippen molar-refractivity contribution in [2.45, 2.75) is 52.0 Å². The number of nitrogens with one attached hydrogen (secondary N) is 1. The van der Waals surface area contributed by atoms with E-state index in [9.17, 15) is 14.9 Å². The Morgan fingerprint density at radius 1 is 1.24 bits per heavy atom. The number of carbonyl (C=O) groups excluding carboxylic acids is 2. The lowest BCUT2D eigenvalue weighted by Crippen LogP contribution is -2.43. The normalized spacial score (nSPS) is 19.1. The van der Waals surface area contributed by atoms with Gasteiger partial charge in [0, 0.05) is 6.07 Å². The minimum absolute atomic E-state index is 0.211. The van der Waals surface area contributed by atoms with Crippen molar-refractivity contribution >= 4 is 17.6 Å². The first-order valence-electron chi connectivity index (χ1n) is 9.44. The summed E-state index contributed by atoms with van der Waals surface area (Å²) < 4.78 is 5.82. The molecule has 1 N–H and O–H groups in total. The molecule has 7 nitrogen and oxygen atoms in total. The van der Waals surface area contributed by atoms with Crippen molar-refractivity contribution in [2.75, 3.05) is 4.90 Å². The average molecular weight is 392 g/mol. The molecule has 0 unspecified atom stereocenters. The van der Waals surface area contributed by atoms with Crippen LogP contribution in [-0.4, -0.2) is 22.5 Å². The van der Waals surface area contributed by atoms with Crippen LogP contribution in [0.2, 0.25) is 0 Å². The molecule has 1 atom stereocenters. The third-order valence-corrected chi connectivity index (χ3v) is 5.09. The fraction of sp³-hybridized carbons (Fsp3) is 0.364. The monoisotopic (exact) mass is 392 g/mol. The Labute approximate surface area is 170 Å². The molecule has 1 fully saturated rings. The van der Waals surface area contributed by atoms with Gasteiger partial charge in [-0.25, -0.2) is 14.7 Å². The fourth-order valence-corrected chi connectivity index (χ4v) is 3.15. The number of pyridine rings is 1. The lowest BCUT2D eigenvalue weighted by Gasteiger charge is -2.21. The Hall–Kier alpha value is -3.40. The first-order valence-corrected chi connectivity index (χ1v) is 9.44. The van der Waals surface area contributed by atoms with E-state index in [1.54, 1.807) is 31.2 Å². The Bertz CT molecular complexity index is 1000. The second kappa shape index (κ2) is 7.21. The molecule has 1 aliphatic rings. The quantitative estimate of drug-likeness (QED) is 0.784. The van der Waals surface area contributed by atoms with Gasteiger partial charge in [-0.05, 0) is 48.6 Å². The van der Waals surface area contributed by atoms with Crippen LogP contribution >= 0.6 is 0 Å². The van der Waals surface area contributed by atoms with E-state index < -0.39 is 11.6 Å². The fourth-order valence-electron chi connectivity index (χ4n) is 3.15. The van der Waals surface area contributed by atoms with E-state index in [4.69, 9.17) is 4.74 Å². The van der Waals surface area contributed by atoms with Gasteiger partial charge in [0.25, 0.3) is 5.91 Å². The number of carbonyl (C=O) groups is 2. The van der Waals surface area contributed by atoms with Crippen LogP contribution in [-0.2, 0) is 10.2 Å². The molecule has 0 spiro atoms. The number of ether oxygens (including phenoxy) is 1. The van der Waals surface area contributed by atoms with Gasteiger partial charge in [-0.2, -0.15) is 5.26 Å².